The average Bonchev–Trinajstić information content (AvgIpc) is 2.81. The van der Waals surface area contributed by atoms with Crippen LogP contribution in [0.2, 0.25) is 0 Å². The second-order valence-electron chi connectivity index (χ2n) is 8.58. The first kappa shape index (κ1) is 21.1. The van der Waals surface area contributed by atoms with E-state index >= 15 is 0 Å². The number of hydrogen-bond donors (Lipinski definition) is 1. The summed E-state index contributed by atoms with van der Waals surface area (Å²) in [5, 5.41) is 2.88. The van der Waals surface area contributed by atoms with E-state index in [1.165, 1.54) is 16.4 Å². The molecule has 0 aromatic heterocycles. The summed E-state index contributed by atoms with van der Waals surface area (Å²) in [6.07, 6.45) is 0.689. The van der Waals surface area contributed by atoms with E-state index in [-0.39, 0.29) is 22.8 Å². The van der Waals surface area contributed by atoms with Crippen molar-refractivity contribution < 1.29 is 18.0 Å². The average molecular weight is 455 g/mol. The van der Waals surface area contributed by atoms with Crippen LogP contribution in [0, 0.1) is 0 Å². The third-order valence-electron chi connectivity index (χ3n) is 6.69. The summed E-state index contributed by atoms with van der Waals surface area (Å²) in [5.41, 5.74) is 3.12. The summed E-state index contributed by atoms with van der Waals surface area (Å²) in [7, 11) is -1.60. The first-order valence-electron chi connectivity index (χ1n) is 10.9. The molecule has 3 heterocycles. The number of nitrogens with one attached hydrogen (secondary N) is 1. The molecule has 2 aromatic rings. The Balaban J connectivity index is 1.38. The second kappa shape index (κ2) is 7.99. The third kappa shape index (κ3) is 3.50. The van der Waals surface area contributed by atoms with Crippen molar-refractivity contribution in [1.29, 1.82) is 0 Å². The van der Waals surface area contributed by atoms with Crippen molar-refractivity contribution in [3.63, 3.8) is 0 Å². The molecule has 8 nitrogen and oxygen atoms in total. The van der Waals surface area contributed by atoms with Crippen LogP contribution in [0.15, 0.2) is 47.4 Å². The number of benzene rings is 2. The number of sulfonamides is 1. The molecule has 2 amide bonds. The highest BCUT2D eigenvalue weighted by molar-refractivity contribution is 7.89. The molecular weight excluding hydrogens is 428 g/mol. The molecule has 1 atom stereocenters. The van der Waals surface area contributed by atoms with E-state index < -0.39 is 10.0 Å². The summed E-state index contributed by atoms with van der Waals surface area (Å²) < 4.78 is 27.4. The van der Waals surface area contributed by atoms with Gasteiger partial charge in [-0.2, -0.15) is 4.31 Å². The predicted octanol–water partition coefficient (Wildman–Crippen LogP) is 1.11. The van der Waals surface area contributed by atoms with Gasteiger partial charge in [-0.3, -0.25) is 9.59 Å². The number of carbonyl (C=O) groups excluding carboxylic acids is 2. The van der Waals surface area contributed by atoms with Crippen molar-refractivity contribution in [2.75, 3.05) is 46.3 Å². The van der Waals surface area contributed by atoms with Crippen LogP contribution in [0.1, 0.15) is 37.9 Å². The SMILES string of the molecule is CN1CCN(S(=O)(=O)c2ccc(C(=O)N3CCc4cccc5c4C3CNC5=O)cc2)CC1. The van der Waals surface area contributed by atoms with Crippen LogP contribution in [0.3, 0.4) is 0 Å². The van der Waals surface area contributed by atoms with Crippen molar-refractivity contribution in [2.45, 2.75) is 17.4 Å². The lowest BCUT2D eigenvalue weighted by atomic mass is 9.85. The van der Waals surface area contributed by atoms with Gasteiger partial charge >= 0.3 is 0 Å². The molecule has 0 saturated carbocycles. The molecule has 1 unspecified atom stereocenters. The Morgan fingerprint density at radius 1 is 1.00 bits per heavy atom. The predicted molar refractivity (Wildman–Crippen MR) is 119 cm³/mol. The van der Waals surface area contributed by atoms with E-state index in [4.69, 9.17) is 0 Å². The molecule has 0 aliphatic carbocycles. The third-order valence-corrected chi connectivity index (χ3v) is 8.60. The molecule has 0 radical (unpaired) electrons. The van der Waals surface area contributed by atoms with E-state index in [0.29, 0.717) is 56.8 Å². The number of amides is 2. The smallest absolute Gasteiger partial charge is 0.254 e. The first-order chi connectivity index (χ1) is 15.4. The molecule has 0 spiro atoms. The van der Waals surface area contributed by atoms with Gasteiger partial charge in [-0.1, -0.05) is 12.1 Å². The van der Waals surface area contributed by atoms with Crippen molar-refractivity contribution in [3.8, 4) is 0 Å². The van der Waals surface area contributed by atoms with E-state index in [1.807, 2.05) is 19.2 Å². The van der Waals surface area contributed by atoms with Gasteiger partial charge in [0, 0.05) is 50.4 Å². The minimum absolute atomic E-state index is 0.106. The lowest BCUT2D eigenvalue weighted by molar-refractivity contribution is 0.0631. The van der Waals surface area contributed by atoms with Gasteiger partial charge in [0.15, 0.2) is 0 Å². The fraction of sp³-hybridized carbons (Fsp3) is 0.391. The molecule has 9 heteroatoms. The molecule has 32 heavy (non-hydrogen) atoms. The Kier molecular flexibility index (Phi) is 5.27. The van der Waals surface area contributed by atoms with Gasteiger partial charge in [0.25, 0.3) is 11.8 Å². The maximum absolute atomic E-state index is 13.3. The summed E-state index contributed by atoms with van der Waals surface area (Å²) in [6, 6.07) is 11.7. The van der Waals surface area contributed by atoms with Crippen LogP contribution in [0.25, 0.3) is 0 Å². The number of likely N-dealkylation sites (N-methyl/N-ethyl adjacent to an activating group) is 1. The van der Waals surface area contributed by atoms with Gasteiger partial charge < -0.3 is 15.1 Å². The van der Waals surface area contributed by atoms with E-state index in [2.05, 4.69) is 10.2 Å². The van der Waals surface area contributed by atoms with Gasteiger partial charge in [0.05, 0.1) is 10.9 Å². The maximum Gasteiger partial charge on any atom is 0.254 e. The number of hydrogen-bond acceptors (Lipinski definition) is 5. The monoisotopic (exact) mass is 454 g/mol. The van der Waals surface area contributed by atoms with Crippen molar-refractivity contribution in [1.82, 2.24) is 19.4 Å². The Morgan fingerprint density at radius 3 is 2.44 bits per heavy atom. The van der Waals surface area contributed by atoms with Crippen molar-refractivity contribution in [2.24, 2.45) is 0 Å². The van der Waals surface area contributed by atoms with Crippen LogP contribution in [0.5, 0.6) is 0 Å². The summed E-state index contributed by atoms with van der Waals surface area (Å²) >= 11 is 0. The van der Waals surface area contributed by atoms with Crippen molar-refractivity contribution >= 4 is 21.8 Å². The Bertz CT molecular complexity index is 1170. The fourth-order valence-corrected chi connectivity index (χ4v) is 6.25. The first-order valence-corrected chi connectivity index (χ1v) is 12.3. The molecule has 1 fully saturated rings. The quantitative estimate of drug-likeness (QED) is 0.750. The summed E-state index contributed by atoms with van der Waals surface area (Å²) in [4.78, 5) is 29.7. The molecule has 5 rings (SSSR count). The molecule has 2 aromatic carbocycles. The zero-order valence-electron chi connectivity index (χ0n) is 18.0. The topological polar surface area (TPSA) is 90.0 Å². The Labute approximate surface area is 187 Å². The number of nitrogens with zero attached hydrogens (tertiary/aromatic N) is 3. The zero-order chi connectivity index (χ0) is 22.5. The number of piperazine rings is 1. The standard InChI is InChI=1S/C23H26N4O4S/c1-25-11-13-26(14-12-25)32(30,31)18-7-5-17(6-8-18)23(29)27-10-9-16-3-2-4-19-21(16)20(27)15-24-22(19)28/h2-8,20H,9-15H2,1H3,(H,24,28). The molecule has 1 saturated heterocycles. The van der Waals surface area contributed by atoms with Crippen LogP contribution >= 0.6 is 0 Å². The highest BCUT2D eigenvalue weighted by Crippen LogP contribution is 2.35. The van der Waals surface area contributed by atoms with Gasteiger partial charge in [0.2, 0.25) is 10.0 Å². The summed E-state index contributed by atoms with van der Waals surface area (Å²) in [5.74, 6) is -0.263. The second-order valence-corrected chi connectivity index (χ2v) is 10.5. The Morgan fingerprint density at radius 2 is 1.72 bits per heavy atom. The van der Waals surface area contributed by atoms with Crippen LogP contribution in [-0.2, 0) is 16.4 Å². The van der Waals surface area contributed by atoms with Gasteiger partial charge in [-0.25, -0.2) is 8.42 Å². The molecular formula is C23H26N4O4S. The van der Waals surface area contributed by atoms with Crippen molar-refractivity contribution in [3.05, 3.63) is 64.7 Å². The van der Waals surface area contributed by atoms with E-state index in [0.717, 1.165) is 11.1 Å². The molecule has 0 bridgehead atoms. The molecule has 3 aliphatic heterocycles. The van der Waals surface area contributed by atoms with E-state index in [9.17, 15) is 18.0 Å². The van der Waals surface area contributed by atoms with Crippen LogP contribution in [0.4, 0.5) is 0 Å². The number of rotatable bonds is 3. The largest absolute Gasteiger partial charge is 0.350 e. The van der Waals surface area contributed by atoms with Gasteiger partial charge in [-0.15, -0.1) is 0 Å². The minimum atomic E-state index is -3.58. The lowest BCUT2D eigenvalue weighted by Gasteiger charge is -2.40. The van der Waals surface area contributed by atoms with Crippen LogP contribution < -0.4 is 5.32 Å². The summed E-state index contributed by atoms with van der Waals surface area (Å²) in [6.45, 7) is 3.25. The maximum atomic E-state index is 13.3. The lowest BCUT2D eigenvalue weighted by Crippen LogP contribution is -2.49. The highest BCUT2D eigenvalue weighted by atomic mass is 32.2. The zero-order valence-corrected chi connectivity index (χ0v) is 18.8. The van der Waals surface area contributed by atoms with Gasteiger partial charge in [-0.05, 0) is 54.9 Å². The van der Waals surface area contributed by atoms with Crippen LogP contribution in [-0.4, -0.2) is 80.7 Å². The molecule has 1 N–H and O–H groups in total. The Hall–Kier alpha value is -2.75. The highest BCUT2D eigenvalue weighted by Gasteiger charge is 2.37. The normalized spacial score (nSPS) is 21.7. The molecule has 168 valence electrons. The number of carbonyl (C=O) groups is 2. The van der Waals surface area contributed by atoms with Gasteiger partial charge in [0.1, 0.15) is 0 Å². The molecule has 3 aliphatic rings. The van der Waals surface area contributed by atoms with E-state index in [1.54, 1.807) is 23.1 Å². The minimum Gasteiger partial charge on any atom is -0.350 e. The fourth-order valence-electron chi connectivity index (χ4n) is 4.83.